The number of hydrogen-bond donors (Lipinski definition) is 1. The second kappa shape index (κ2) is 7.05. The molecule has 0 bridgehead atoms. The van der Waals surface area contributed by atoms with Gasteiger partial charge in [-0.3, -0.25) is 0 Å². The van der Waals surface area contributed by atoms with E-state index >= 15 is 0 Å². The Balaban J connectivity index is 1.97. The Hall–Kier alpha value is -0.680. The maximum Gasteiger partial charge on any atom is 0.416 e. The van der Waals surface area contributed by atoms with Gasteiger partial charge in [0.15, 0.2) is 0 Å². The lowest BCUT2D eigenvalue weighted by molar-refractivity contribution is -0.138. The molecular formula is C16H22F3NS. The number of halogens is 3. The van der Waals surface area contributed by atoms with Gasteiger partial charge in [0.25, 0.3) is 0 Å². The van der Waals surface area contributed by atoms with E-state index in [0.717, 1.165) is 25.5 Å². The highest BCUT2D eigenvalue weighted by molar-refractivity contribution is 8.00. The first-order valence-electron chi connectivity index (χ1n) is 7.38. The Kier molecular flexibility index (Phi) is 5.60. The molecule has 1 N–H and O–H groups in total. The van der Waals surface area contributed by atoms with E-state index in [0.29, 0.717) is 5.56 Å². The molecule has 1 aliphatic rings. The van der Waals surface area contributed by atoms with Crippen LogP contribution in [0.25, 0.3) is 0 Å². The third kappa shape index (κ3) is 4.39. The molecule has 0 heterocycles. The van der Waals surface area contributed by atoms with Crippen LogP contribution in [0.15, 0.2) is 24.3 Å². The van der Waals surface area contributed by atoms with Crippen molar-refractivity contribution in [1.82, 2.24) is 5.32 Å². The van der Waals surface area contributed by atoms with Crippen molar-refractivity contribution in [1.29, 1.82) is 0 Å². The first-order chi connectivity index (χ1) is 9.97. The number of nitrogens with one attached hydrogen (secondary N) is 1. The summed E-state index contributed by atoms with van der Waals surface area (Å²) < 4.78 is 39.0. The molecule has 0 radical (unpaired) electrons. The molecule has 1 aromatic rings. The van der Waals surface area contributed by atoms with E-state index in [1.807, 2.05) is 11.8 Å². The minimum absolute atomic E-state index is 0.200. The first kappa shape index (κ1) is 16.7. The van der Waals surface area contributed by atoms with Crippen LogP contribution in [0, 0.1) is 0 Å². The van der Waals surface area contributed by atoms with Gasteiger partial charge in [0.1, 0.15) is 0 Å². The Bertz CT molecular complexity index is 453. The SMILES string of the molecule is CSC1(CNCc2ccccc2C(F)(F)F)CCCCC1. The number of hydrogen-bond acceptors (Lipinski definition) is 2. The maximum atomic E-state index is 12.9. The van der Waals surface area contributed by atoms with Crippen LogP contribution < -0.4 is 5.32 Å². The standard InChI is InChI=1S/C16H22F3NS/c1-21-15(9-5-2-6-10-15)12-20-11-13-7-3-4-8-14(13)16(17,18)19/h3-4,7-8,20H,2,5-6,9-12H2,1H3. The summed E-state index contributed by atoms with van der Waals surface area (Å²) in [5.41, 5.74) is -0.198. The quantitative estimate of drug-likeness (QED) is 0.832. The second-order valence-electron chi connectivity index (χ2n) is 5.71. The van der Waals surface area contributed by atoms with Gasteiger partial charge in [-0.2, -0.15) is 24.9 Å². The van der Waals surface area contributed by atoms with Crippen molar-refractivity contribution in [3.8, 4) is 0 Å². The molecule has 21 heavy (non-hydrogen) atoms. The van der Waals surface area contributed by atoms with Gasteiger partial charge in [0.2, 0.25) is 0 Å². The molecular weight excluding hydrogens is 295 g/mol. The van der Waals surface area contributed by atoms with Gasteiger partial charge < -0.3 is 5.32 Å². The van der Waals surface area contributed by atoms with Gasteiger partial charge in [-0.05, 0) is 30.7 Å². The maximum absolute atomic E-state index is 12.9. The topological polar surface area (TPSA) is 12.0 Å². The van der Waals surface area contributed by atoms with Gasteiger partial charge >= 0.3 is 6.18 Å². The highest BCUT2D eigenvalue weighted by Crippen LogP contribution is 2.38. The van der Waals surface area contributed by atoms with E-state index in [1.165, 1.54) is 25.3 Å². The van der Waals surface area contributed by atoms with Crippen LogP contribution in [0.4, 0.5) is 13.2 Å². The number of thioether (sulfide) groups is 1. The predicted molar refractivity (Wildman–Crippen MR) is 82.5 cm³/mol. The van der Waals surface area contributed by atoms with E-state index in [-0.39, 0.29) is 11.3 Å². The van der Waals surface area contributed by atoms with E-state index < -0.39 is 11.7 Å². The fourth-order valence-corrected chi connectivity index (χ4v) is 3.97. The molecule has 1 nitrogen and oxygen atoms in total. The Labute approximate surface area is 128 Å². The lowest BCUT2D eigenvalue weighted by Crippen LogP contribution is -2.39. The summed E-state index contributed by atoms with van der Waals surface area (Å²) in [5, 5.41) is 3.25. The third-order valence-electron chi connectivity index (χ3n) is 4.28. The third-order valence-corrected chi connectivity index (χ3v) is 5.70. The van der Waals surface area contributed by atoms with Crippen LogP contribution in [0.1, 0.15) is 43.2 Å². The van der Waals surface area contributed by atoms with Gasteiger partial charge in [-0.15, -0.1) is 0 Å². The highest BCUT2D eigenvalue weighted by Gasteiger charge is 2.33. The summed E-state index contributed by atoms with van der Waals surface area (Å²) in [6.07, 6.45) is 3.86. The molecule has 0 unspecified atom stereocenters. The molecule has 1 saturated carbocycles. The summed E-state index contributed by atoms with van der Waals surface area (Å²) in [7, 11) is 0. The van der Waals surface area contributed by atoms with Crippen molar-refractivity contribution >= 4 is 11.8 Å². The fourth-order valence-electron chi connectivity index (χ4n) is 3.03. The van der Waals surface area contributed by atoms with E-state index in [2.05, 4.69) is 11.6 Å². The zero-order valence-electron chi connectivity index (χ0n) is 12.3. The molecule has 1 aromatic carbocycles. The number of rotatable bonds is 5. The molecule has 5 heteroatoms. The van der Waals surface area contributed by atoms with Crippen LogP contribution in [0.2, 0.25) is 0 Å². The first-order valence-corrected chi connectivity index (χ1v) is 8.60. The van der Waals surface area contributed by atoms with Crippen LogP contribution in [0.5, 0.6) is 0 Å². The summed E-state index contributed by atoms with van der Waals surface area (Å²) in [4.78, 5) is 0. The fraction of sp³-hybridized carbons (Fsp3) is 0.625. The molecule has 0 amide bonds. The molecule has 118 valence electrons. The summed E-state index contributed by atoms with van der Waals surface area (Å²) in [6.45, 7) is 1.05. The zero-order chi connectivity index (χ0) is 15.3. The molecule has 0 aliphatic heterocycles. The smallest absolute Gasteiger partial charge is 0.311 e. The largest absolute Gasteiger partial charge is 0.416 e. The predicted octanol–water partition coefficient (Wildman–Crippen LogP) is 4.86. The van der Waals surface area contributed by atoms with Crippen molar-refractivity contribution in [2.24, 2.45) is 0 Å². The van der Waals surface area contributed by atoms with Crippen LogP contribution >= 0.6 is 11.8 Å². The molecule has 1 aliphatic carbocycles. The Morgan fingerprint density at radius 2 is 1.81 bits per heavy atom. The number of benzene rings is 1. The average molecular weight is 317 g/mol. The van der Waals surface area contributed by atoms with Gasteiger partial charge in [-0.25, -0.2) is 0 Å². The monoisotopic (exact) mass is 317 g/mol. The lowest BCUT2D eigenvalue weighted by Gasteiger charge is -2.36. The minimum atomic E-state index is -4.28. The van der Waals surface area contributed by atoms with E-state index in [1.54, 1.807) is 12.1 Å². The molecule has 0 spiro atoms. The summed E-state index contributed by atoms with van der Waals surface area (Å²) in [6, 6.07) is 5.82. The Morgan fingerprint density at radius 1 is 1.14 bits per heavy atom. The van der Waals surface area contributed by atoms with Gasteiger partial charge in [-0.1, -0.05) is 37.5 Å². The van der Waals surface area contributed by atoms with Crippen molar-refractivity contribution < 1.29 is 13.2 Å². The average Bonchev–Trinajstić information content (AvgIpc) is 2.48. The summed E-state index contributed by atoms with van der Waals surface area (Å²) in [5.74, 6) is 0. The van der Waals surface area contributed by atoms with Crippen molar-refractivity contribution in [3.05, 3.63) is 35.4 Å². The van der Waals surface area contributed by atoms with Crippen LogP contribution in [-0.2, 0) is 12.7 Å². The minimum Gasteiger partial charge on any atom is -0.311 e. The summed E-state index contributed by atoms with van der Waals surface area (Å²) >= 11 is 1.85. The normalized spacial score (nSPS) is 18.7. The van der Waals surface area contributed by atoms with Crippen LogP contribution in [0.3, 0.4) is 0 Å². The Morgan fingerprint density at radius 3 is 2.43 bits per heavy atom. The molecule has 0 atom stereocenters. The van der Waals surface area contributed by atoms with Gasteiger partial charge in [0, 0.05) is 17.8 Å². The van der Waals surface area contributed by atoms with Crippen LogP contribution in [-0.4, -0.2) is 17.5 Å². The van der Waals surface area contributed by atoms with Crippen molar-refractivity contribution in [3.63, 3.8) is 0 Å². The van der Waals surface area contributed by atoms with Gasteiger partial charge in [0.05, 0.1) is 5.56 Å². The van der Waals surface area contributed by atoms with E-state index in [4.69, 9.17) is 0 Å². The van der Waals surface area contributed by atoms with E-state index in [9.17, 15) is 13.2 Å². The zero-order valence-corrected chi connectivity index (χ0v) is 13.1. The second-order valence-corrected chi connectivity index (χ2v) is 6.98. The molecule has 0 saturated heterocycles. The van der Waals surface area contributed by atoms with Crippen molar-refractivity contribution in [2.45, 2.75) is 49.6 Å². The molecule has 2 rings (SSSR count). The molecule has 0 aromatic heterocycles. The van der Waals surface area contributed by atoms with Crippen molar-refractivity contribution in [2.75, 3.05) is 12.8 Å². The number of alkyl halides is 3. The lowest BCUT2D eigenvalue weighted by atomic mass is 9.88. The molecule has 1 fully saturated rings. The highest BCUT2D eigenvalue weighted by atomic mass is 32.2.